The molecule has 9 heteroatoms. The molecular weight excluding hydrogens is 538 g/mol. The molecule has 1 fully saturated rings. The Morgan fingerprint density at radius 2 is 1.56 bits per heavy atom. The third-order valence-corrected chi connectivity index (χ3v) is 9.01. The van der Waals surface area contributed by atoms with Crippen LogP contribution in [0.25, 0.3) is 10.9 Å². The van der Waals surface area contributed by atoms with Crippen molar-refractivity contribution in [1.82, 2.24) is 19.2 Å². The van der Waals surface area contributed by atoms with Gasteiger partial charge in [-0.1, -0.05) is 58.4 Å². The highest BCUT2D eigenvalue weighted by molar-refractivity contribution is 9.10. The number of benzene rings is 3. The van der Waals surface area contributed by atoms with Crippen LogP contribution in [0.4, 0.5) is 5.82 Å². The number of anilines is 1. The summed E-state index contributed by atoms with van der Waals surface area (Å²) in [5.41, 5.74) is 2.07. The van der Waals surface area contributed by atoms with Gasteiger partial charge in [-0.05, 0) is 48.9 Å². The highest BCUT2D eigenvalue weighted by Crippen LogP contribution is 2.27. The summed E-state index contributed by atoms with van der Waals surface area (Å²) in [5.74, 6) is 1.54. The summed E-state index contributed by atoms with van der Waals surface area (Å²) >= 11 is 3.36. The fourth-order valence-electron chi connectivity index (χ4n) is 4.45. The van der Waals surface area contributed by atoms with Gasteiger partial charge in [-0.15, -0.1) is 0 Å². The monoisotopic (exact) mass is 565 g/mol. The molecule has 1 aliphatic rings. The molecule has 1 saturated heterocycles. The van der Waals surface area contributed by atoms with Gasteiger partial charge in [-0.25, -0.2) is 18.4 Å². The summed E-state index contributed by atoms with van der Waals surface area (Å²) in [4.78, 5) is 12.3. The predicted molar refractivity (Wildman–Crippen MR) is 146 cm³/mol. The van der Waals surface area contributed by atoms with Crippen molar-refractivity contribution in [2.75, 3.05) is 31.5 Å². The summed E-state index contributed by atoms with van der Waals surface area (Å²) in [6.07, 6.45) is 0. The molecule has 0 saturated carbocycles. The number of fused-ring (bicyclic) bond motifs is 1. The molecule has 7 nitrogen and oxygen atoms in total. The van der Waals surface area contributed by atoms with Crippen LogP contribution in [-0.2, 0) is 16.6 Å². The molecule has 4 aromatic rings. The first-order valence-corrected chi connectivity index (χ1v) is 14.2. The number of nitrogens with one attached hydrogen (secondary N) is 1. The van der Waals surface area contributed by atoms with Crippen molar-refractivity contribution >= 4 is 42.7 Å². The third-order valence-electron chi connectivity index (χ3n) is 6.57. The maximum absolute atomic E-state index is 13.1. The second-order valence-electron chi connectivity index (χ2n) is 8.86. The number of para-hydroxylation sites is 1. The standard InChI is InChI=1S/C27H28BrN5O2S/c1-20(32-15-17-33(18-16-32)36(34,35)23-13-11-22(28)12-14-23)26-30-25-10-6-5-9-24(25)27(31-26)29-19-21-7-3-2-4-8-21/h2-14,20H,15-19H2,1H3,(H,29,30,31)/t20-/m1/s1. The van der Waals surface area contributed by atoms with Gasteiger partial charge in [0.2, 0.25) is 10.0 Å². The highest BCUT2D eigenvalue weighted by Gasteiger charge is 2.31. The third kappa shape index (κ3) is 5.29. The van der Waals surface area contributed by atoms with Crippen molar-refractivity contribution in [2.45, 2.75) is 24.4 Å². The van der Waals surface area contributed by atoms with E-state index in [9.17, 15) is 8.42 Å². The summed E-state index contributed by atoms with van der Waals surface area (Å²) < 4.78 is 28.6. The van der Waals surface area contributed by atoms with Gasteiger partial charge in [0.15, 0.2) is 0 Å². The van der Waals surface area contributed by atoms with Crippen LogP contribution in [0.3, 0.4) is 0 Å². The lowest BCUT2D eigenvalue weighted by molar-refractivity contribution is 0.141. The van der Waals surface area contributed by atoms with E-state index in [0.29, 0.717) is 37.6 Å². The predicted octanol–water partition coefficient (Wildman–Crippen LogP) is 5.07. The Balaban J connectivity index is 1.32. The molecule has 1 aromatic heterocycles. The highest BCUT2D eigenvalue weighted by atomic mass is 79.9. The lowest BCUT2D eigenvalue weighted by Gasteiger charge is -2.36. The summed E-state index contributed by atoms with van der Waals surface area (Å²) in [7, 11) is -3.52. The normalized spacial score (nSPS) is 16.2. The zero-order chi connectivity index (χ0) is 25.1. The summed E-state index contributed by atoms with van der Waals surface area (Å²) in [6, 6.07) is 25.0. The molecule has 3 aromatic carbocycles. The van der Waals surface area contributed by atoms with Crippen LogP contribution in [0, 0.1) is 0 Å². The van der Waals surface area contributed by atoms with Crippen LogP contribution in [0.2, 0.25) is 0 Å². The van der Waals surface area contributed by atoms with E-state index >= 15 is 0 Å². The van der Waals surface area contributed by atoms with Gasteiger partial charge >= 0.3 is 0 Å². The number of hydrogen-bond donors (Lipinski definition) is 1. The van der Waals surface area contributed by atoms with Crippen LogP contribution >= 0.6 is 15.9 Å². The van der Waals surface area contributed by atoms with Gasteiger partial charge in [-0.3, -0.25) is 4.90 Å². The minimum atomic E-state index is -3.52. The molecule has 0 radical (unpaired) electrons. The first kappa shape index (κ1) is 24.8. The van der Waals surface area contributed by atoms with Crippen molar-refractivity contribution in [2.24, 2.45) is 0 Å². The number of aromatic nitrogens is 2. The quantitative estimate of drug-likeness (QED) is 0.337. The molecule has 1 N–H and O–H groups in total. The van der Waals surface area contributed by atoms with Gasteiger partial charge < -0.3 is 5.32 Å². The van der Waals surface area contributed by atoms with Gasteiger partial charge in [0.25, 0.3) is 0 Å². The zero-order valence-corrected chi connectivity index (χ0v) is 22.4. The first-order valence-electron chi connectivity index (χ1n) is 12.0. The fraction of sp³-hybridized carbons (Fsp3) is 0.259. The lowest BCUT2D eigenvalue weighted by atomic mass is 10.2. The first-order chi connectivity index (χ1) is 17.4. The molecule has 0 bridgehead atoms. The molecular formula is C27H28BrN5O2S. The maximum Gasteiger partial charge on any atom is 0.243 e. The van der Waals surface area contributed by atoms with Crippen LogP contribution in [0.1, 0.15) is 24.4 Å². The number of piperazine rings is 1. The van der Waals surface area contributed by atoms with E-state index in [0.717, 1.165) is 27.0 Å². The Morgan fingerprint density at radius 1 is 0.889 bits per heavy atom. The molecule has 0 amide bonds. The van der Waals surface area contributed by atoms with Gasteiger partial charge in [0.05, 0.1) is 16.5 Å². The maximum atomic E-state index is 13.1. The largest absolute Gasteiger partial charge is 0.365 e. The molecule has 0 aliphatic carbocycles. The zero-order valence-electron chi connectivity index (χ0n) is 20.0. The van der Waals surface area contributed by atoms with E-state index in [1.54, 1.807) is 28.6 Å². The molecule has 186 valence electrons. The van der Waals surface area contributed by atoms with Gasteiger partial charge in [0.1, 0.15) is 11.6 Å². The van der Waals surface area contributed by atoms with Crippen molar-refractivity contribution in [1.29, 1.82) is 0 Å². The minimum absolute atomic E-state index is 0.0515. The Labute approximate surface area is 220 Å². The average molecular weight is 567 g/mol. The molecule has 5 rings (SSSR count). The molecule has 0 unspecified atom stereocenters. The lowest BCUT2D eigenvalue weighted by Crippen LogP contribution is -2.49. The Kier molecular flexibility index (Phi) is 7.34. The Morgan fingerprint density at radius 3 is 2.28 bits per heavy atom. The number of nitrogens with zero attached hydrogens (tertiary/aromatic N) is 4. The van der Waals surface area contributed by atoms with E-state index < -0.39 is 10.0 Å². The van der Waals surface area contributed by atoms with Gasteiger partial charge in [-0.2, -0.15) is 4.31 Å². The van der Waals surface area contributed by atoms with E-state index in [4.69, 9.17) is 9.97 Å². The summed E-state index contributed by atoms with van der Waals surface area (Å²) in [6.45, 7) is 4.83. The number of sulfonamides is 1. The van der Waals surface area contributed by atoms with Crippen LogP contribution in [0.5, 0.6) is 0 Å². The van der Waals surface area contributed by atoms with Crippen molar-refractivity contribution in [3.63, 3.8) is 0 Å². The van der Waals surface area contributed by atoms with E-state index in [1.165, 1.54) is 5.56 Å². The van der Waals surface area contributed by atoms with Crippen LogP contribution in [-0.4, -0.2) is 53.8 Å². The number of halogens is 1. The van der Waals surface area contributed by atoms with Crippen molar-refractivity contribution in [3.8, 4) is 0 Å². The van der Waals surface area contributed by atoms with E-state index in [1.807, 2.05) is 42.5 Å². The second-order valence-corrected chi connectivity index (χ2v) is 11.7. The fourth-order valence-corrected chi connectivity index (χ4v) is 6.13. The average Bonchev–Trinajstić information content (AvgIpc) is 2.92. The Bertz CT molecular complexity index is 1440. The molecule has 36 heavy (non-hydrogen) atoms. The van der Waals surface area contributed by atoms with E-state index in [2.05, 4.69) is 45.2 Å². The smallest absolute Gasteiger partial charge is 0.243 e. The van der Waals surface area contributed by atoms with Crippen molar-refractivity contribution < 1.29 is 8.42 Å². The molecule has 0 spiro atoms. The number of rotatable bonds is 7. The molecule has 1 atom stereocenters. The summed E-state index contributed by atoms with van der Waals surface area (Å²) in [5, 5.41) is 4.47. The van der Waals surface area contributed by atoms with Crippen LogP contribution in [0.15, 0.2) is 88.2 Å². The molecule has 1 aliphatic heterocycles. The van der Waals surface area contributed by atoms with Gasteiger partial charge in [0, 0.05) is 42.6 Å². The topological polar surface area (TPSA) is 78.4 Å². The Hall–Kier alpha value is -2.85. The SMILES string of the molecule is C[C@H](c1nc(NCc2ccccc2)c2ccccc2n1)N1CCN(S(=O)(=O)c2ccc(Br)cc2)CC1. The molecule has 2 heterocycles. The van der Waals surface area contributed by atoms with Crippen molar-refractivity contribution in [3.05, 3.63) is 94.7 Å². The number of hydrogen-bond acceptors (Lipinski definition) is 6. The second kappa shape index (κ2) is 10.6. The van der Waals surface area contributed by atoms with E-state index in [-0.39, 0.29) is 6.04 Å². The van der Waals surface area contributed by atoms with Crippen LogP contribution < -0.4 is 5.32 Å². The minimum Gasteiger partial charge on any atom is -0.365 e.